The van der Waals surface area contributed by atoms with Gasteiger partial charge in [0.05, 0.1) is 23.9 Å². The molecule has 20 heavy (non-hydrogen) atoms. The van der Waals surface area contributed by atoms with Gasteiger partial charge in [-0.3, -0.25) is 0 Å². The van der Waals surface area contributed by atoms with Gasteiger partial charge in [-0.1, -0.05) is 27.7 Å². The van der Waals surface area contributed by atoms with Crippen LogP contribution in [0, 0.1) is 11.8 Å². The minimum absolute atomic E-state index is 0.0706. The molecular weight excluding hydrogens is 252 g/mol. The van der Waals surface area contributed by atoms with E-state index >= 15 is 0 Å². The van der Waals surface area contributed by atoms with E-state index in [-0.39, 0.29) is 11.9 Å². The normalized spacial score (nSPS) is 38.4. The van der Waals surface area contributed by atoms with Crippen molar-refractivity contribution in [3.8, 4) is 0 Å². The van der Waals surface area contributed by atoms with Crippen molar-refractivity contribution in [3.63, 3.8) is 0 Å². The van der Waals surface area contributed by atoms with E-state index in [1.54, 1.807) is 0 Å². The second kappa shape index (κ2) is 6.33. The number of hydrogen-bond donors (Lipinski definition) is 0. The van der Waals surface area contributed by atoms with Crippen LogP contribution in [0.2, 0.25) is 0 Å². The maximum Gasteiger partial charge on any atom is 0.160 e. The standard InChI is InChI=1S/C9H16O2.C8H16O/c1-6(2)9-10-7-3-4-8(5-7)11-9;1-6(2)7-5-8(3,4)9-7/h6-9H,3-5H2,1-2H3;6-7H,5H2,1-4H3. The van der Waals surface area contributed by atoms with Gasteiger partial charge in [-0.2, -0.15) is 0 Å². The Morgan fingerprint density at radius 1 is 0.900 bits per heavy atom. The molecule has 0 radical (unpaired) electrons. The Bertz CT molecular complexity index is 291. The molecule has 2 heterocycles. The molecule has 0 N–H and O–H groups in total. The summed E-state index contributed by atoms with van der Waals surface area (Å²) in [7, 11) is 0. The van der Waals surface area contributed by atoms with Gasteiger partial charge in [0.25, 0.3) is 0 Å². The second-order valence-corrected chi connectivity index (χ2v) is 7.81. The molecule has 1 aliphatic carbocycles. The molecule has 2 aliphatic heterocycles. The van der Waals surface area contributed by atoms with Gasteiger partial charge in [-0.15, -0.1) is 0 Å². The van der Waals surface area contributed by atoms with Crippen LogP contribution in [0.5, 0.6) is 0 Å². The molecule has 3 heteroatoms. The van der Waals surface area contributed by atoms with Gasteiger partial charge in [0, 0.05) is 18.8 Å². The predicted molar refractivity (Wildman–Crippen MR) is 80.6 cm³/mol. The molecule has 0 aromatic carbocycles. The Morgan fingerprint density at radius 3 is 1.70 bits per heavy atom. The lowest BCUT2D eigenvalue weighted by molar-refractivity contribution is -0.236. The molecule has 0 spiro atoms. The number of fused-ring (bicyclic) bond motifs is 2. The Kier molecular flexibility index (Phi) is 5.14. The van der Waals surface area contributed by atoms with E-state index in [0.717, 1.165) is 6.42 Å². The van der Waals surface area contributed by atoms with Crippen molar-refractivity contribution in [2.24, 2.45) is 11.8 Å². The van der Waals surface area contributed by atoms with Crippen LogP contribution in [0.3, 0.4) is 0 Å². The Labute approximate surface area is 124 Å². The zero-order chi connectivity index (χ0) is 14.9. The van der Waals surface area contributed by atoms with Crippen LogP contribution in [0.4, 0.5) is 0 Å². The van der Waals surface area contributed by atoms with Crippen molar-refractivity contribution in [3.05, 3.63) is 0 Å². The highest BCUT2D eigenvalue weighted by Crippen LogP contribution is 2.35. The maximum absolute atomic E-state index is 5.72. The summed E-state index contributed by atoms with van der Waals surface area (Å²) in [6.45, 7) is 13.0. The first kappa shape index (κ1) is 16.3. The topological polar surface area (TPSA) is 27.7 Å². The number of rotatable bonds is 2. The molecule has 3 rings (SSSR count). The maximum atomic E-state index is 5.72. The van der Waals surface area contributed by atoms with Gasteiger partial charge < -0.3 is 14.2 Å². The van der Waals surface area contributed by atoms with Crippen molar-refractivity contribution < 1.29 is 14.2 Å². The van der Waals surface area contributed by atoms with E-state index in [0.29, 0.717) is 30.1 Å². The minimum Gasteiger partial charge on any atom is -0.372 e. The van der Waals surface area contributed by atoms with Crippen LogP contribution in [-0.4, -0.2) is 30.2 Å². The average molecular weight is 284 g/mol. The Hall–Kier alpha value is -0.120. The molecule has 0 aromatic rings. The molecule has 118 valence electrons. The van der Waals surface area contributed by atoms with Gasteiger partial charge in [-0.05, 0) is 32.6 Å². The quantitative estimate of drug-likeness (QED) is 0.762. The Morgan fingerprint density at radius 2 is 1.40 bits per heavy atom. The monoisotopic (exact) mass is 284 g/mol. The lowest BCUT2D eigenvalue weighted by Crippen LogP contribution is -2.48. The molecule has 3 fully saturated rings. The summed E-state index contributed by atoms with van der Waals surface area (Å²) in [4.78, 5) is 0. The summed E-state index contributed by atoms with van der Waals surface area (Å²) in [6.07, 6.45) is 6.36. The molecule has 0 amide bonds. The summed E-state index contributed by atoms with van der Waals surface area (Å²) in [6, 6.07) is 0. The van der Waals surface area contributed by atoms with Gasteiger partial charge in [0.2, 0.25) is 0 Å². The van der Waals surface area contributed by atoms with Crippen molar-refractivity contribution >= 4 is 0 Å². The lowest BCUT2D eigenvalue weighted by atomic mass is 9.87. The highest BCUT2D eigenvalue weighted by molar-refractivity contribution is 4.86. The fraction of sp³-hybridized carbons (Fsp3) is 1.00. The molecular formula is C17H32O3. The Balaban J connectivity index is 0.000000151. The SMILES string of the molecule is CC(C)C1CC(C)(C)O1.CC(C)C1OC2CCC(C2)O1. The first-order chi connectivity index (χ1) is 9.27. The zero-order valence-corrected chi connectivity index (χ0v) is 14.0. The highest BCUT2D eigenvalue weighted by atomic mass is 16.7. The van der Waals surface area contributed by atoms with Crippen LogP contribution >= 0.6 is 0 Å². The molecule has 2 saturated heterocycles. The van der Waals surface area contributed by atoms with Crippen molar-refractivity contribution in [1.29, 1.82) is 0 Å². The molecule has 0 aromatic heterocycles. The van der Waals surface area contributed by atoms with Crippen LogP contribution in [0.15, 0.2) is 0 Å². The third-order valence-electron chi connectivity index (χ3n) is 4.44. The van der Waals surface area contributed by atoms with Gasteiger partial charge in [0.1, 0.15) is 0 Å². The van der Waals surface area contributed by atoms with Crippen molar-refractivity contribution in [1.82, 2.24) is 0 Å². The predicted octanol–water partition coefficient (Wildman–Crippen LogP) is 4.15. The first-order valence-corrected chi connectivity index (χ1v) is 8.25. The van der Waals surface area contributed by atoms with Crippen molar-refractivity contribution in [2.45, 2.75) is 97.4 Å². The summed E-state index contributed by atoms with van der Waals surface area (Å²) >= 11 is 0. The van der Waals surface area contributed by atoms with E-state index in [9.17, 15) is 0 Å². The average Bonchev–Trinajstić information content (AvgIpc) is 2.65. The molecule has 3 nitrogen and oxygen atoms in total. The summed E-state index contributed by atoms with van der Waals surface area (Å²) < 4.78 is 17.0. The number of hydrogen-bond acceptors (Lipinski definition) is 3. The molecule has 3 atom stereocenters. The van der Waals surface area contributed by atoms with Crippen molar-refractivity contribution in [2.75, 3.05) is 0 Å². The van der Waals surface area contributed by atoms with Gasteiger partial charge >= 0.3 is 0 Å². The summed E-state index contributed by atoms with van der Waals surface area (Å²) in [5.41, 5.74) is 0.176. The molecule has 3 unspecified atom stereocenters. The summed E-state index contributed by atoms with van der Waals surface area (Å²) in [5.74, 6) is 1.19. The molecule has 2 bridgehead atoms. The third kappa shape index (κ3) is 4.19. The summed E-state index contributed by atoms with van der Waals surface area (Å²) in [5, 5.41) is 0. The molecule has 1 saturated carbocycles. The lowest BCUT2D eigenvalue weighted by Gasteiger charge is -2.45. The second-order valence-electron chi connectivity index (χ2n) is 7.81. The van der Waals surface area contributed by atoms with E-state index in [1.807, 2.05) is 0 Å². The van der Waals surface area contributed by atoms with Crippen LogP contribution < -0.4 is 0 Å². The molecule has 3 aliphatic rings. The fourth-order valence-electron chi connectivity index (χ4n) is 3.13. The van der Waals surface area contributed by atoms with E-state index < -0.39 is 0 Å². The first-order valence-electron chi connectivity index (χ1n) is 8.25. The third-order valence-corrected chi connectivity index (χ3v) is 4.44. The van der Waals surface area contributed by atoms with Crippen LogP contribution in [0.1, 0.15) is 67.2 Å². The van der Waals surface area contributed by atoms with E-state index in [2.05, 4.69) is 41.5 Å². The number of ether oxygens (including phenoxy) is 3. The van der Waals surface area contributed by atoms with Gasteiger partial charge in [-0.25, -0.2) is 0 Å². The van der Waals surface area contributed by atoms with E-state index in [4.69, 9.17) is 14.2 Å². The largest absolute Gasteiger partial charge is 0.372 e. The van der Waals surface area contributed by atoms with E-state index in [1.165, 1.54) is 19.3 Å². The van der Waals surface area contributed by atoms with Gasteiger partial charge in [0.15, 0.2) is 6.29 Å². The van der Waals surface area contributed by atoms with Crippen LogP contribution in [-0.2, 0) is 14.2 Å². The highest BCUT2D eigenvalue weighted by Gasteiger charge is 2.38. The van der Waals surface area contributed by atoms with Crippen LogP contribution in [0.25, 0.3) is 0 Å². The fourth-order valence-corrected chi connectivity index (χ4v) is 3.13. The smallest absolute Gasteiger partial charge is 0.160 e. The minimum atomic E-state index is 0.0706. The zero-order valence-electron chi connectivity index (χ0n) is 14.0.